The first kappa shape index (κ1) is 13.4. The molecule has 1 atom stereocenters. The maximum atomic E-state index is 11.7. The van der Waals surface area contributed by atoms with E-state index < -0.39 is 0 Å². The molecule has 2 heteroatoms. The predicted octanol–water partition coefficient (Wildman–Crippen LogP) is 4.04. The van der Waals surface area contributed by atoms with E-state index in [1.165, 1.54) is 5.56 Å². The molecule has 1 unspecified atom stereocenters. The number of fused-ring (bicyclic) bond motifs is 1. The molecule has 0 amide bonds. The molecule has 21 heavy (non-hydrogen) atoms. The van der Waals surface area contributed by atoms with E-state index in [0.29, 0.717) is 0 Å². The van der Waals surface area contributed by atoms with E-state index >= 15 is 0 Å². The molecule has 1 aromatic rings. The first-order chi connectivity index (χ1) is 10.2. The lowest BCUT2D eigenvalue weighted by molar-refractivity contribution is 0.696. The third kappa shape index (κ3) is 2.52. The van der Waals surface area contributed by atoms with E-state index in [0.717, 1.165) is 16.7 Å². The van der Waals surface area contributed by atoms with Gasteiger partial charge in [-0.25, -0.2) is 0 Å². The van der Waals surface area contributed by atoms with Crippen LogP contribution in [0.1, 0.15) is 17.2 Å². The predicted molar refractivity (Wildman–Crippen MR) is 86.8 cm³/mol. The van der Waals surface area contributed by atoms with Crippen molar-refractivity contribution in [3.8, 4) is 11.1 Å². The molecule has 0 fully saturated rings. The van der Waals surface area contributed by atoms with Gasteiger partial charge in [0.25, 0.3) is 0 Å². The van der Waals surface area contributed by atoms with Crippen LogP contribution in [0.25, 0.3) is 11.1 Å². The smallest absolute Gasteiger partial charge is 0.182 e. The van der Waals surface area contributed by atoms with Gasteiger partial charge < -0.3 is 4.57 Å². The summed E-state index contributed by atoms with van der Waals surface area (Å²) in [7, 11) is 0. The highest BCUT2D eigenvalue weighted by atomic mass is 16.1. The van der Waals surface area contributed by atoms with Crippen LogP contribution in [-0.2, 0) is 0 Å². The molecule has 3 rings (SSSR count). The average Bonchev–Trinajstić information content (AvgIpc) is 2.50. The molecule has 2 nitrogen and oxygen atoms in total. The minimum absolute atomic E-state index is 0.0860. The summed E-state index contributed by atoms with van der Waals surface area (Å²) in [4.78, 5) is 11.7. The fourth-order valence-corrected chi connectivity index (χ4v) is 2.61. The molecule has 0 saturated heterocycles. The number of nitrogens with zero attached hydrogens (tertiary/aromatic N) is 1. The molecule has 104 valence electrons. The number of benzene rings is 2. The minimum atomic E-state index is 0.0860. The maximum absolute atomic E-state index is 11.7. The molecule has 0 N–H and O–H groups in total. The van der Waals surface area contributed by atoms with E-state index in [2.05, 4.69) is 29.5 Å². The van der Waals surface area contributed by atoms with Crippen LogP contribution in [0.15, 0.2) is 78.4 Å². The van der Waals surface area contributed by atoms with Gasteiger partial charge in [0.1, 0.15) is 0 Å². The topological polar surface area (TPSA) is 22.0 Å². The van der Waals surface area contributed by atoms with Crippen LogP contribution < -0.4 is 5.43 Å². The monoisotopic (exact) mass is 275 g/mol. The lowest BCUT2D eigenvalue weighted by atomic mass is 10.0. The molecular weight excluding hydrogens is 258 g/mol. The van der Waals surface area contributed by atoms with Crippen molar-refractivity contribution in [2.24, 2.45) is 0 Å². The quantitative estimate of drug-likeness (QED) is 0.661. The van der Waals surface area contributed by atoms with E-state index in [-0.39, 0.29) is 11.5 Å². The third-order valence-corrected chi connectivity index (χ3v) is 3.78. The highest BCUT2D eigenvalue weighted by molar-refractivity contribution is 5.64. The van der Waals surface area contributed by atoms with Gasteiger partial charge in [-0.2, -0.15) is 0 Å². The Kier molecular flexibility index (Phi) is 3.44. The molecule has 1 aromatic carbocycles. The SMILES string of the molecule is C=CC(c1ccccc1)n1ccc2cc(=O)c(C)cc-2c1. The Morgan fingerprint density at radius 1 is 1.10 bits per heavy atom. The van der Waals surface area contributed by atoms with Crippen molar-refractivity contribution in [3.05, 3.63) is 94.9 Å². The minimum Gasteiger partial charge on any atom is -0.343 e. The Hall–Kier alpha value is -2.61. The van der Waals surface area contributed by atoms with E-state index in [4.69, 9.17) is 0 Å². The van der Waals surface area contributed by atoms with E-state index in [1.54, 1.807) is 6.07 Å². The lowest BCUT2D eigenvalue weighted by Gasteiger charge is -2.20. The summed E-state index contributed by atoms with van der Waals surface area (Å²) in [6.45, 7) is 5.80. The molecule has 0 bridgehead atoms. The van der Waals surface area contributed by atoms with Crippen molar-refractivity contribution in [2.75, 3.05) is 0 Å². The maximum Gasteiger partial charge on any atom is 0.182 e. The van der Waals surface area contributed by atoms with Crippen LogP contribution in [0.5, 0.6) is 0 Å². The Balaban J connectivity index is 2.12. The first-order valence-electron chi connectivity index (χ1n) is 6.99. The normalized spacial score (nSPS) is 12.2. The summed E-state index contributed by atoms with van der Waals surface area (Å²) in [5.41, 5.74) is 4.09. The highest BCUT2D eigenvalue weighted by Gasteiger charge is 2.11. The number of aromatic nitrogens is 1. The van der Waals surface area contributed by atoms with Crippen LogP contribution in [0.3, 0.4) is 0 Å². The van der Waals surface area contributed by atoms with Gasteiger partial charge in [0.2, 0.25) is 0 Å². The summed E-state index contributed by atoms with van der Waals surface area (Å²) >= 11 is 0. The lowest BCUT2D eigenvalue weighted by Crippen LogP contribution is -2.10. The fraction of sp³-hybridized carbons (Fsp3) is 0.105. The van der Waals surface area contributed by atoms with Crippen molar-refractivity contribution >= 4 is 0 Å². The number of hydrogen-bond donors (Lipinski definition) is 0. The van der Waals surface area contributed by atoms with Crippen LogP contribution in [0.4, 0.5) is 0 Å². The van der Waals surface area contributed by atoms with Crippen molar-refractivity contribution < 1.29 is 0 Å². The standard InChI is InChI=1S/C19H17NO/c1-3-18(15-7-5-4-6-8-15)20-10-9-16-12-19(21)14(2)11-17(16)13-20/h3-13,18H,1H2,2H3. The second kappa shape index (κ2) is 5.41. The number of rotatable bonds is 3. The van der Waals surface area contributed by atoms with Gasteiger partial charge in [-0.1, -0.05) is 36.4 Å². The fourth-order valence-electron chi connectivity index (χ4n) is 2.61. The Morgan fingerprint density at radius 2 is 1.86 bits per heavy atom. The zero-order valence-electron chi connectivity index (χ0n) is 12.0. The second-order valence-corrected chi connectivity index (χ2v) is 5.23. The van der Waals surface area contributed by atoms with Crippen molar-refractivity contribution in [2.45, 2.75) is 13.0 Å². The summed E-state index contributed by atoms with van der Waals surface area (Å²) < 4.78 is 2.12. The molecule has 0 saturated carbocycles. The summed E-state index contributed by atoms with van der Waals surface area (Å²) in [5.74, 6) is 0. The Morgan fingerprint density at radius 3 is 2.57 bits per heavy atom. The molecule has 0 radical (unpaired) electrons. The number of pyridine rings is 1. The van der Waals surface area contributed by atoms with Gasteiger partial charge in [0.05, 0.1) is 6.04 Å². The zero-order chi connectivity index (χ0) is 14.8. The van der Waals surface area contributed by atoms with Gasteiger partial charge in [0, 0.05) is 12.4 Å². The average molecular weight is 275 g/mol. The largest absolute Gasteiger partial charge is 0.343 e. The van der Waals surface area contributed by atoms with Crippen LogP contribution in [-0.4, -0.2) is 4.57 Å². The molecule has 0 aromatic heterocycles. The van der Waals surface area contributed by atoms with Gasteiger partial charge in [-0.15, -0.1) is 6.58 Å². The van der Waals surface area contributed by atoms with Crippen LogP contribution in [0, 0.1) is 6.92 Å². The van der Waals surface area contributed by atoms with Gasteiger partial charge in [-0.05, 0) is 47.4 Å². The van der Waals surface area contributed by atoms with E-state index in [1.807, 2.05) is 49.5 Å². The molecule has 1 heterocycles. The Bertz CT molecular complexity index is 801. The van der Waals surface area contributed by atoms with Gasteiger partial charge in [-0.3, -0.25) is 4.79 Å². The van der Waals surface area contributed by atoms with Crippen LogP contribution in [0.2, 0.25) is 0 Å². The molecule has 1 aliphatic heterocycles. The van der Waals surface area contributed by atoms with E-state index in [9.17, 15) is 4.79 Å². The molecule has 0 spiro atoms. The first-order valence-corrected chi connectivity index (χ1v) is 6.99. The summed E-state index contributed by atoms with van der Waals surface area (Å²) in [5, 5.41) is 0. The number of aryl methyl sites for hydroxylation is 1. The van der Waals surface area contributed by atoms with Gasteiger partial charge in [0.15, 0.2) is 5.43 Å². The number of hydrogen-bond acceptors (Lipinski definition) is 1. The highest BCUT2D eigenvalue weighted by Crippen LogP contribution is 2.25. The van der Waals surface area contributed by atoms with Crippen molar-refractivity contribution in [1.29, 1.82) is 0 Å². The molecule has 1 aliphatic carbocycles. The third-order valence-electron chi connectivity index (χ3n) is 3.78. The van der Waals surface area contributed by atoms with Crippen molar-refractivity contribution in [1.82, 2.24) is 4.57 Å². The summed E-state index contributed by atoms with van der Waals surface area (Å²) in [6, 6.07) is 16.0. The zero-order valence-corrected chi connectivity index (χ0v) is 12.0. The number of allylic oxidation sites excluding steroid dienone is 1. The molecule has 2 aliphatic rings. The van der Waals surface area contributed by atoms with Crippen LogP contribution >= 0.6 is 0 Å². The Labute approximate surface area is 124 Å². The van der Waals surface area contributed by atoms with Gasteiger partial charge >= 0.3 is 0 Å². The second-order valence-electron chi connectivity index (χ2n) is 5.23. The molecular formula is C19H17NO. The van der Waals surface area contributed by atoms with Crippen molar-refractivity contribution in [3.63, 3.8) is 0 Å². The summed E-state index contributed by atoms with van der Waals surface area (Å²) in [6.07, 6.45) is 5.99.